The molecule has 1 atom stereocenters. The van der Waals surface area contributed by atoms with Crippen molar-refractivity contribution in [3.05, 3.63) is 0 Å². The van der Waals surface area contributed by atoms with E-state index in [1.165, 1.54) is 0 Å². The monoisotopic (exact) mass is 156 g/mol. The molecule has 0 saturated carbocycles. The quantitative estimate of drug-likeness (QED) is 0.615. The summed E-state index contributed by atoms with van der Waals surface area (Å²) in [4.78, 5) is 0. The first-order valence-electron chi connectivity index (χ1n) is 2.87. The SMILES string of the molecule is C[C@@](N)(CCN)C(F)(F)F. The number of rotatable bonds is 2. The largest absolute Gasteiger partial charge is 0.406 e. The number of nitrogens with two attached hydrogens (primary N) is 2. The van der Waals surface area contributed by atoms with Crippen LogP contribution in [-0.4, -0.2) is 18.3 Å². The van der Waals surface area contributed by atoms with Gasteiger partial charge in [0.05, 0.1) is 0 Å². The number of hydrogen-bond donors (Lipinski definition) is 2. The lowest BCUT2D eigenvalue weighted by atomic mass is 9.99. The highest BCUT2D eigenvalue weighted by atomic mass is 19.4. The van der Waals surface area contributed by atoms with Crippen molar-refractivity contribution in [2.24, 2.45) is 11.5 Å². The summed E-state index contributed by atoms with van der Waals surface area (Å²) in [6, 6.07) is 0. The van der Waals surface area contributed by atoms with Crippen LogP contribution in [0.3, 0.4) is 0 Å². The van der Waals surface area contributed by atoms with Gasteiger partial charge in [-0.1, -0.05) is 0 Å². The summed E-state index contributed by atoms with van der Waals surface area (Å²) in [5.74, 6) is 0. The Kier molecular flexibility index (Phi) is 2.67. The first-order chi connectivity index (χ1) is 4.31. The second-order valence-corrected chi connectivity index (χ2v) is 2.45. The van der Waals surface area contributed by atoms with Gasteiger partial charge in [0, 0.05) is 0 Å². The third-order valence-electron chi connectivity index (χ3n) is 1.31. The van der Waals surface area contributed by atoms with Crippen molar-refractivity contribution in [2.75, 3.05) is 6.54 Å². The zero-order valence-electron chi connectivity index (χ0n) is 5.70. The molecule has 4 N–H and O–H groups in total. The predicted molar refractivity (Wildman–Crippen MR) is 32.3 cm³/mol. The molecular weight excluding hydrogens is 145 g/mol. The van der Waals surface area contributed by atoms with E-state index in [1.54, 1.807) is 0 Å². The molecule has 0 aliphatic carbocycles. The summed E-state index contributed by atoms with van der Waals surface area (Å²) in [5.41, 5.74) is 7.69. The number of alkyl halides is 3. The van der Waals surface area contributed by atoms with Crippen LogP contribution in [0, 0.1) is 0 Å². The van der Waals surface area contributed by atoms with E-state index in [-0.39, 0.29) is 13.0 Å². The average Bonchev–Trinajstić information content (AvgIpc) is 1.61. The Hall–Kier alpha value is -0.290. The Bertz CT molecular complexity index is 108. The Morgan fingerprint density at radius 2 is 1.70 bits per heavy atom. The van der Waals surface area contributed by atoms with Crippen LogP contribution in [-0.2, 0) is 0 Å². The molecule has 0 saturated heterocycles. The van der Waals surface area contributed by atoms with Crippen molar-refractivity contribution in [1.82, 2.24) is 0 Å². The van der Waals surface area contributed by atoms with E-state index in [0.717, 1.165) is 6.92 Å². The molecule has 0 spiro atoms. The van der Waals surface area contributed by atoms with Crippen molar-refractivity contribution in [1.29, 1.82) is 0 Å². The van der Waals surface area contributed by atoms with Gasteiger partial charge >= 0.3 is 6.18 Å². The topological polar surface area (TPSA) is 52.0 Å². The highest BCUT2D eigenvalue weighted by molar-refractivity contribution is 4.86. The second kappa shape index (κ2) is 2.75. The van der Waals surface area contributed by atoms with Crippen molar-refractivity contribution in [2.45, 2.75) is 25.1 Å². The average molecular weight is 156 g/mol. The standard InChI is InChI=1S/C5H11F3N2/c1-4(10,2-3-9)5(6,7)8/h2-3,9-10H2,1H3/t4-/m1/s1. The highest BCUT2D eigenvalue weighted by Gasteiger charge is 2.47. The molecule has 0 amide bonds. The van der Waals surface area contributed by atoms with Gasteiger partial charge in [-0.2, -0.15) is 13.2 Å². The zero-order valence-corrected chi connectivity index (χ0v) is 5.70. The summed E-state index contributed by atoms with van der Waals surface area (Å²) in [6.07, 6.45) is -4.59. The van der Waals surface area contributed by atoms with Crippen molar-refractivity contribution >= 4 is 0 Å². The van der Waals surface area contributed by atoms with Gasteiger partial charge in [-0.15, -0.1) is 0 Å². The molecule has 0 aliphatic rings. The van der Waals surface area contributed by atoms with Gasteiger partial charge in [0.2, 0.25) is 0 Å². The second-order valence-electron chi connectivity index (χ2n) is 2.45. The maximum Gasteiger partial charge on any atom is 0.406 e. The molecule has 0 aromatic heterocycles. The van der Waals surface area contributed by atoms with E-state index in [1.807, 2.05) is 0 Å². The lowest BCUT2D eigenvalue weighted by Gasteiger charge is -2.26. The number of hydrogen-bond acceptors (Lipinski definition) is 2. The Balaban J connectivity index is 4.10. The smallest absolute Gasteiger partial charge is 0.330 e. The fourth-order valence-corrected chi connectivity index (χ4v) is 0.442. The molecule has 0 radical (unpaired) electrons. The fourth-order valence-electron chi connectivity index (χ4n) is 0.442. The van der Waals surface area contributed by atoms with E-state index < -0.39 is 11.7 Å². The highest BCUT2D eigenvalue weighted by Crippen LogP contribution is 2.29. The summed E-state index contributed by atoms with van der Waals surface area (Å²) < 4.78 is 35.5. The molecule has 5 heteroatoms. The van der Waals surface area contributed by atoms with Gasteiger partial charge in [-0.3, -0.25) is 0 Å². The predicted octanol–water partition coefficient (Wildman–Crippen LogP) is 0.615. The Morgan fingerprint density at radius 1 is 1.30 bits per heavy atom. The van der Waals surface area contributed by atoms with Crippen LogP contribution in [0.5, 0.6) is 0 Å². The number of halogens is 3. The van der Waals surface area contributed by atoms with Gasteiger partial charge in [0.25, 0.3) is 0 Å². The fraction of sp³-hybridized carbons (Fsp3) is 1.00. The molecule has 2 nitrogen and oxygen atoms in total. The Labute approximate surface area is 57.4 Å². The third-order valence-corrected chi connectivity index (χ3v) is 1.31. The first kappa shape index (κ1) is 9.71. The molecule has 62 valence electrons. The van der Waals surface area contributed by atoms with Gasteiger partial charge < -0.3 is 11.5 Å². The van der Waals surface area contributed by atoms with Crippen LogP contribution in [0.15, 0.2) is 0 Å². The van der Waals surface area contributed by atoms with Crippen LogP contribution in [0.4, 0.5) is 13.2 Å². The summed E-state index contributed by atoms with van der Waals surface area (Å²) in [7, 11) is 0. The molecular formula is C5H11F3N2. The Morgan fingerprint density at radius 3 is 1.80 bits per heavy atom. The molecule has 0 aromatic rings. The van der Waals surface area contributed by atoms with Gasteiger partial charge in [-0.25, -0.2) is 0 Å². The summed E-state index contributed by atoms with van der Waals surface area (Å²) >= 11 is 0. The van der Waals surface area contributed by atoms with Crippen molar-refractivity contribution in [3.8, 4) is 0 Å². The minimum Gasteiger partial charge on any atom is -0.330 e. The van der Waals surface area contributed by atoms with Crippen LogP contribution in [0.1, 0.15) is 13.3 Å². The molecule has 0 bridgehead atoms. The molecule has 0 fully saturated rings. The van der Waals surface area contributed by atoms with Gasteiger partial charge in [-0.05, 0) is 19.9 Å². The van der Waals surface area contributed by atoms with E-state index in [0.29, 0.717) is 0 Å². The molecule has 0 aromatic carbocycles. The molecule has 0 rings (SSSR count). The molecule has 0 unspecified atom stereocenters. The minimum absolute atomic E-state index is 0.0491. The van der Waals surface area contributed by atoms with Crippen LogP contribution < -0.4 is 11.5 Å². The maximum atomic E-state index is 11.8. The maximum absolute atomic E-state index is 11.8. The zero-order chi connectivity index (χ0) is 8.41. The lowest BCUT2D eigenvalue weighted by molar-refractivity contribution is -0.181. The summed E-state index contributed by atoms with van der Waals surface area (Å²) in [5, 5.41) is 0. The van der Waals surface area contributed by atoms with Crippen LogP contribution >= 0.6 is 0 Å². The molecule has 0 aliphatic heterocycles. The third kappa shape index (κ3) is 2.15. The molecule has 0 heterocycles. The summed E-state index contributed by atoms with van der Waals surface area (Å²) in [6.45, 7) is 0.881. The van der Waals surface area contributed by atoms with E-state index >= 15 is 0 Å². The normalized spacial score (nSPS) is 18.6. The lowest BCUT2D eigenvalue weighted by Crippen LogP contribution is -2.51. The van der Waals surface area contributed by atoms with Gasteiger partial charge in [0.15, 0.2) is 0 Å². The van der Waals surface area contributed by atoms with Crippen LogP contribution in [0.2, 0.25) is 0 Å². The first-order valence-corrected chi connectivity index (χ1v) is 2.87. The van der Waals surface area contributed by atoms with Crippen molar-refractivity contribution in [3.63, 3.8) is 0 Å². The van der Waals surface area contributed by atoms with Crippen molar-refractivity contribution < 1.29 is 13.2 Å². The minimum atomic E-state index is -4.35. The van der Waals surface area contributed by atoms with E-state index in [2.05, 4.69) is 0 Å². The van der Waals surface area contributed by atoms with E-state index in [4.69, 9.17) is 11.5 Å². The van der Waals surface area contributed by atoms with Gasteiger partial charge in [0.1, 0.15) is 5.54 Å². The van der Waals surface area contributed by atoms with E-state index in [9.17, 15) is 13.2 Å². The molecule has 10 heavy (non-hydrogen) atoms. The van der Waals surface area contributed by atoms with Crippen LogP contribution in [0.25, 0.3) is 0 Å².